The topological polar surface area (TPSA) is 74.4 Å². The highest BCUT2D eigenvalue weighted by Gasteiger charge is 2.08. The Morgan fingerprint density at radius 3 is 2.35 bits per heavy atom. The van der Waals surface area contributed by atoms with Crippen LogP contribution in [0.15, 0.2) is 66.0 Å². The summed E-state index contributed by atoms with van der Waals surface area (Å²) in [6.07, 6.45) is 4.55. The zero-order chi connectivity index (χ0) is 17.9. The van der Waals surface area contributed by atoms with Gasteiger partial charge in [-0.3, -0.25) is 9.59 Å². The summed E-state index contributed by atoms with van der Waals surface area (Å²) in [6.45, 7) is 2.47. The summed E-state index contributed by atoms with van der Waals surface area (Å²) >= 11 is 0. The number of nitrogens with one attached hydrogen (secondary N) is 2. The minimum atomic E-state index is -0.236. The number of carbonyl (C=O) groups is 2. The molecule has 2 N–H and O–H groups in total. The molecule has 0 spiro atoms. The average Bonchev–Trinajstić information content (AvgIpc) is 2.62. The maximum absolute atomic E-state index is 11.9. The number of hydrogen-bond acceptors (Lipinski definition) is 3. The summed E-state index contributed by atoms with van der Waals surface area (Å²) < 4.78 is 1.75. The fraction of sp³-hybridized carbons (Fsp3) is 0.263. The molecule has 138 valence electrons. The minimum absolute atomic E-state index is 0. The maximum atomic E-state index is 11.9. The molecule has 2 rings (SSSR count). The predicted molar refractivity (Wildman–Crippen MR) is 95.7 cm³/mol. The van der Waals surface area contributed by atoms with Crippen LogP contribution in [0, 0.1) is 0 Å². The van der Waals surface area contributed by atoms with Crippen molar-refractivity contribution in [3.05, 3.63) is 66.5 Å². The van der Waals surface area contributed by atoms with E-state index in [0.29, 0.717) is 12.3 Å². The molecule has 1 aromatic carbocycles. The summed E-state index contributed by atoms with van der Waals surface area (Å²) in [5.74, 6) is -0.344. The van der Waals surface area contributed by atoms with Gasteiger partial charge in [0.15, 0.2) is 12.4 Å². The van der Waals surface area contributed by atoms with Gasteiger partial charge in [-0.15, -0.1) is 0 Å². The largest absolute Gasteiger partial charge is 1.00 e. The van der Waals surface area contributed by atoms with Gasteiger partial charge in [-0.25, -0.2) is 5.43 Å². The van der Waals surface area contributed by atoms with E-state index in [4.69, 9.17) is 0 Å². The predicted octanol–water partition coefficient (Wildman–Crippen LogP) is -1.78. The Morgan fingerprint density at radius 2 is 1.65 bits per heavy atom. The SMILES string of the molecule is CC(CC(=O)NCCc1ccccc1)=NNC(=O)C[n+]1ccccc1.[Cl-]. The van der Waals surface area contributed by atoms with E-state index < -0.39 is 0 Å². The van der Waals surface area contributed by atoms with Gasteiger partial charge in [-0.05, 0) is 18.9 Å². The van der Waals surface area contributed by atoms with Crippen LogP contribution in [0.3, 0.4) is 0 Å². The van der Waals surface area contributed by atoms with E-state index in [1.807, 2.05) is 48.5 Å². The number of aromatic nitrogens is 1. The van der Waals surface area contributed by atoms with Crippen molar-refractivity contribution in [2.45, 2.75) is 26.3 Å². The standard InChI is InChI=1S/C19H22N4O2.ClH/c1-16(21-22-19(25)15-23-12-6-3-7-13-23)14-18(24)20-11-10-17-8-4-2-5-9-17;/h2-9,12-13H,10-11,14-15H2,1H3,(H-,20,22,24,25);1H. The Hall–Kier alpha value is -2.73. The van der Waals surface area contributed by atoms with Gasteiger partial charge in [-0.1, -0.05) is 36.4 Å². The third-order valence-electron chi connectivity index (χ3n) is 3.47. The lowest BCUT2D eigenvalue weighted by molar-refractivity contribution is -0.684. The van der Waals surface area contributed by atoms with Gasteiger partial charge >= 0.3 is 5.91 Å². The van der Waals surface area contributed by atoms with Crippen molar-refractivity contribution in [2.75, 3.05) is 6.54 Å². The first-order valence-electron chi connectivity index (χ1n) is 8.20. The molecule has 0 aliphatic carbocycles. The van der Waals surface area contributed by atoms with Crippen LogP contribution in [0.1, 0.15) is 18.9 Å². The maximum Gasteiger partial charge on any atom is 0.305 e. The number of pyridine rings is 1. The van der Waals surface area contributed by atoms with E-state index in [-0.39, 0.29) is 37.2 Å². The monoisotopic (exact) mass is 374 g/mol. The highest BCUT2D eigenvalue weighted by atomic mass is 35.5. The fourth-order valence-corrected chi connectivity index (χ4v) is 2.22. The van der Waals surface area contributed by atoms with Gasteiger partial charge in [0.2, 0.25) is 12.5 Å². The number of carbonyl (C=O) groups excluding carboxylic acids is 2. The third kappa shape index (κ3) is 8.39. The molecule has 0 unspecified atom stereocenters. The number of hydrogen-bond donors (Lipinski definition) is 2. The van der Waals surface area contributed by atoms with Crippen molar-refractivity contribution in [1.29, 1.82) is 0 Å². The Balaban J connectivity index is 0.00000338. The molecular weight excluding hydrogens is 352 g/mol. The molecule has 0 radical (unpaired) electrons. The molecule has 26 heavy (non-hydrogen) atoms. The van der Waals surface area contributed by atoms with Crippen LogP contribution in [0.4, 0.5) is 0 Å². The molecule has 2 amide bonds. The summed E-state index contributed by atoms with van der Waals surface area (Å²) in [6, 6.07) is 15.6. The zero-order valence-corrected chi connectivity index (χ0v) is 15.4. The summed E-state index contributed by atoms with van der Waals surface area (Å²) in [7, 11) is 0. The highest BCUT2D eigenvalue weighted by molar-refractivity contribution is 6.00. The molecule has 0 aliphatic heterocycles. The van der Waals surface area contributed by atoms with Gasteiger partial charge < -0.3 is 17.7 Å². The third-order valence-corrected chi connectivity index (χ3v) is 3.47. The Morgan fingerprint density at radius 1 is 1.00 bits per heavy atom. The van der Waals surface area contributed by atoms with Crippen LogP contribution < -0.4 is 27.7 Å². The van der Waals surface area contributed by atoms with Gasteiger partial charge in [0, 0.05) is 24.4 Å². The van der Waals surface area contributed by atoms with Crippen molar-refractivity contribution in [1.82, 2.24) is 10.7 Å². The second-order valence-electron chi connectivity index (χ2n) is 5.69. The number of hydrazone groups is 1. The first-order valence-corrected chi connectivity index (χ1v) is 8.20. The second kappa shape index (κ2) is 11.8. The molecule has 0 aliphatic rings. The minimum Gasteiger partial charge on any atom is -1.00 e. The summed E-state index contributed by atoms with van der Waals surface area (Å²) in [5, 5.41) is 6.82. The van der Waals surface area contributed by atoms with Crippen molar-refractivity contribution < 1.29 is 26.6 Å². The molecule has 0 saturated heterocycles. The van der Waals surface area contributed by atoms with Crippen molar-refractivity contribution in [3.8, 4) is 0 Å². The van der Waals surface area contributed by atoms with E-state index in [1.54, 1.807) is 23.9 Å². The Labute approximate surface area is 159 Å². The Bertz CT molecular complexity index is 721. The van der Waals surface area contributed by atoms with Gasteiger partial charge in [0.05, 0.1) is 6.42 Å². The molecule has 7 heteroatoms. The molecule has 1 aromatic heterocycles. The van der Waals surface area contributed by atoms with Crippen LogP contribution in [0.5, 0.6) is 0 Å². The second-order valence-corrected chi connectivity index (χ2v) is 5.69. The van der Waals surface area contributed by atoms with Crippen LogP contribution in [-0.4, -0.2) is 24.1 Å². The highest BCUT2D eigenvalue weighted by Crippen LogP contribution is 1.98. The fourth-order valence-electron chi connectivity index (χ4n) is 2.22. The molecule has 0 fully saturated rings. The van der Waals surface area contributed by atoms with Crippen molar-refractivity contribution in [2.24, 2.45) is 5.10 Å². The van der Waals surface area contributed by atoms with E-state index in [9.17, 15) is 9.59 Å². The summed E-state index contributed by atoms with van der Waals surface area (Å²) in [5.41, 5.74) is 4.20. The van der Waals surface area contributed by atoms with Crippen LogP contribution in [0.2, 0.25) is 0 Å². The first kappa shape index (κ1) is 21.3. The van der Waals surface area contributed by atoms with E-state index in [2.05, 4.69) is 15.8 Å². The van der Waals surface area contributed by atoms with Crippen LogP contribution in [-0.2, 0) is 22.6 Å². The smallest absolute Gasteiger partial charge is 0.305 e. The lowest BCUT2D eigenvalue weighted by atomic mass is 10.1. The summed E-state index contributed by atoms with van der Waals surface area (Å²) in [4.78, 5) is 23.7. The average molecular weight is 375 g/mol. The molecule has 0 atom stereocenters. The molecular formula is C19H23ClN4O2. The van der Waals surface area contributed by atoms with Crippen molar-refractivity contribution in [3.63, 3.8) is 0 Å². The van der Waals surface area contributed by atoms with Gasteiger partial charge in [0.1, 0.15) is 0 Å². The molecule has 0 saturated carbocycles. The quantitative estimate of drug-likeness (QED) is 0.326. The molecule has 2 aromatic rings. The number of rotatable bonds is 8. The Kier molecular flexibility index (Phi) is 9.64. The van der Waals surface area contributed by atoms with Gasteiger partial charge in [0.25, 0.3) is 0 Å². The number of halogens is 1. The number of amides is 2. The molecule has 0 bridgehead atoms. The van der Waals surface area contributed by atoms with E-state index >= 15 is 0 Å². The molecule has 6 nitrogen and oxygen atoms in total. The normalized spacial score (nSPS) is 10.6. The number of nitrogens with zero attached hydrogens (tertiary/aromatic N) is 2. The van der Waals surface area contributed by atoms with Crippen molar-refractivity contribution >= 4 is 17.5 Å². The van der Waals surface area contributed by atoms with Crippen LogP contribution in [0.25, 0.3) is 0 Å². The zero-order valence-electron chi connectivity index (χ0n) is 14.7. The van der Waals surface area contributed by atoms with Gasteiger partial charge in [-0.2, -0.15) is 9.67 Å². The molecule has 1 heterocycles. The number of benzene rings is 1. The lowest BCUT2D eigenvalue weighted by Crippen LogP contribution is -3.00. The van der Waals surface area contributed by atoms with E-state index in [0.717, 1.165) is 6.42 Å². The van der Waals surface area contributed by atoms with Crippen LogP contribution >= 0.6 is 0 Å². The first-order chi connectivity index (χ1) is 12.1. The lowest BCUT2D eigenvalue weighted by Gasteiger charge is -2.05. The van der Waals surface area contributed by atoms with E-state index in [1.165, 1.54) is 5.56 Å².